The van der Waals surface area contributed by atoms with Gasteiger partial charge < -0.3 is 15.0 Å². The van der Waals surface area contributed by atoms with Crippen LogP contribution < -0.4 is 5.32 Å². The average Bonchev–Trinajstić information content (AvgIpc) is 3.35. The second-order valence-electron chi connectivity index (χ2n) is 8.19. The van der Waals surface area contributed by atoms with E-state index in [1.807, 2.05) is 12.1 Å². The molecule has 2 aliphatic rings. The minimum Gasteiger partial charge on any atom is -0.449 e. The number of halogens is 1. The minimum atomic E-state index is -0.802. The Morgan fingerprint density at radius 1 is 1.12 bits per heavy atom. The maximum atomic E-state index is 13.3. The zero-order chi connectivity index (χ0) is 23.2. The first kappa shape index (κ1) is 21.2. The molecular weight excluding hydrogens is 442 g/mol. The Kier molecular flexibility index (Phi) is 5.13. The van der Waals surface area contributed by atoms with Crippen molar-refractivity contribution in [2.75, 3.05) is 18.4 Å². The first-order valence-electron chi connectivity index (χ1n) is 10.5. The highest BCUT2D eigenvalue weighted by atomic mass is 35.5. The molecule has 33 heavy (non-hydrogen) atoms. The Hall–Kier alpha value is -3.71. The molecule has 0 bridgehead atoms. The third kappa shape index (κ3) is 3.74. The summed E-state index contributed by atoms with van der Waals surface area (Å²) in [6.07, 6.45) is 0.539. The first-order valence-corrected chi connectivity index (χ1v) is 10.9. The summed E-state index contributed by atoms with van der Waals surface area (Å²) in [7, 11) is 0. The number of anilines is 1. The molecule has 1 aromatic heterocycles. The second-order valence-corrected chi connectivity index (χ2v) is 8.60. The highest BCUT2D eigenvalue weighted by Gasteiger charge is 2.51. The van der Waals surface area contributed by atoms with Crippen molar-refractivity contribution in [2.24, 2.45) is 0 Å². The van der Waals surface area contributed by atoms with E-state index < -0.39 is 5.60 Å². The number of nitrogens with one attached hydrogen (secondary N) is 1. The van der Waals surface area contributed by atoms with Gasteiger partial charge in [-0.15, -0.1) is 0 Å². The summed E-state index contributed by atoms with van der Waals surface area (Å²) in [5.41, 5.74) is 2.30. The molecule has 1 saturated heterocycles. The lowest BCUT2D eigenvalue weighted by atomic mass is 9.91. The first-order chi connectivity index (χ1) is 15.9. The van der Waals surface area contributed by atoms with Crippen molar-refractivity contribution in [3.05, 3.63) is 82.4 Å². The number of benzene rings is 2. The number of hydrogen-bond donors (Lipinski definition) is 1. The quantitative estimate of drug-likeness (QED) is 0.588. The van der Waals surface area contributed by atoms with Gasteiger partial charge in [-0.05, 0) is 30.3 Å². The van der Waals surface area contributed by atoms with Crippen molar-refractivity contribution in [2.45, 2.75) is 18.9 Å². The van der Waals surface area contributed by atoms with Crippen LogP contribution in [0.25, 0.3) is 11.3 Å². The van der Waals surface area contributed by atoms with Crippen LogP contribution >= 0.6 is 11.6 Å². The van der Waals surface area contributed by atoms with Crippen molar-refractivity contribution in [3.8, 4) is 11.3 Å². The predicted octanol–water partition coefficient (Wildman–Crippen LogP) is 4.27. The predicted molar refractivity (Wildman–Crippen MR) is 123 cm³/mol. The number of nitrogens with zero attached hydrogens (tertiary/aromatic N) is 2. The van der Waals surface area contributed by atoms with Crippen LogP contribution in [0.4, 0.5) is 5.82 Å². The van der Waals surface area contributed by atoms with Crippen LogP contribution in [-0.2, 0) is 15.1 Å². The van der Waals surface area contributed by atoms with Gasteiger partial charge in [-0.3, -0.25) is 9.59 Å². The van der Waals surface area contributed by atoms with Crippen LogP contribution in [0.15, 0.2) is 60.7 Å². The summed E-state index contributed by atoms with van der Waals surface area (Å²) in [6.45, 7) is 2.16. The van der Waals surface area contributed by atoms with Gasteiger partial charge in [0.25, 0.3) is 5.91 Å². The zero-order valence-electron chi connectivity index (χ0n) is 17.8. The fraction of sp³-hybridized carbons (Fsp3) is 0.200. The van der Waals surface area contributed by atoms with Crippen molar-refractivity contribution >= 4 is 35.2 Å². The highest BCUT2D eigenvalue weighted by Crippen LogP contribution is 2.43. The van der Waals surface area contributed by atoms with Crippen LogP contribution in [-0.4, -0.2) is 40.8 Å². The lowest BCUT2D eigenvalue weighted by Crippen LogP contribution is -2.34. The molecule has 0 unspecified atom stereocenters. The Morgan fingerprint density at radius 3 is 2.73 bits per heavy atom. The van der Waals surface area contributed by atoms with Gasteiger partial charge in [0.1, 0.15) is 5.82 Å². The molecule has 3 aromatic rings. The van der Waals surface area contributed by atoms with Crippen LogP contribution in [0, 0.1) is 0 Å². The average molecular weight is 462 g/mol. The number of carbonyl (C=O) groups is 3. The maximum absolute atomic E-state index is 13.3. The van der Waals surface area contributed by atoms with Crippen LogP contribution in [0.5, 0.6) is 0 Å². The number of amides is 2. The fourth-order valence-corrected chi connectivity index (χ4v) is 4.73. The number of fused-ring (bicyclic) bond motifs is 2. The van der Waals surface area contributed by atoms with Gasteiger partial charge in [0.05, 0.1) is 28.4 Å². The van der Waals surface area contributed by atoms with E-state index in [-0.39, 0.29) is 24.3 Å². The molecule has 0 saturated carbocycles. The van der Waals surface area contributed by atoms with Gasteiger partial charge in [0.15, 0.2) is 5.60 Å². The van der Waals surface area contributed by atoms with Crippen molar-refractivity contribution in [3.63, 3.8) is 0 Å². The molecule has 2 aliphatic heterocycles. The molecule has 8 heteroatoms. The van der Waals surface area contributed by atoms with Crippen LogP contribution in [0.1, 0.15) is 39.6 Å². The molecule has 0 radical (unpaired) electrons. The van der Waals surface area contributed by atoms with Gasteiger partial charge >= 0.3 is 5.97 Å². The largest absolute Gasteiger partial charge is 0.449 e. The molecule has 166 valence electrons. The van der Waals surface area contributed by atoms with Gasteiger partial charge in [-0.1, -0.05) is 41.9 Å². The molecule has 3 heterocycles. The standard InChI is InChI=1S/C25H20ClN3O4/c1-15(30)27-22-8-4-7-21(28-22)16-9-10-18(20(26)13-16)23(31)29-12-11-25(14-29)19-6-3-2-5-17(19)24(32)33-25/h2-10,13H,11-12,14H2,1H3,(H,27,28,30)/t25-/m0/s1. The number of rotatable bonds is 3. The van der Waals surface area contributed by atoms with E-state index in [0.717, 1.165) is 11.1 Å². The number of likely N-dealkylation sites (tertiary alicyclic amines) is 1. The second kappa shape index (κ2) is 8.01. The summed E-state index contributed by atoms with van der Waals surface area (Å²) in [5, 5.41) is 2.95. The number of hydrogen-bond acceptors (Lipinski definition) is 5. The van der Waals surface area contributed by atoms with E-state index in [4.69, 9.17) is 16.3 Å². The third-order valence-electron chi connectivity index (χ3n) is 5.99. The summed E-state index contributed by atoms with van der Waals surface area (Å²) < 4.78 is 5.74. The lowest BCUT2D eigenvalue weighted by Gasteiger charge is -2.24. The summed E-state index contributed by atoms with van der Waals surface area (Å²) >= 11 is 6.50. The monoisotopic (exact) mass is 461 g/mol. The van der Waals surface area contributed by atoms with Crippen molar-refractivity contribution < 1.29 is 19.1 Å². The van der Waals surface area contributed by atoms with Crippen molar-refractivity contribution in [1.82, 2.24) is 9.88 Å². The molecule has 1 atom stereocenters. The molecule has 5 rings (SSSR count). The minimum absolute atomic E-state index is 0.211. The molecular formula is C25H20ClN3O4. The van der Waals surface area contributed by atoms with Crippen molar-refractivity contribution in [1.29, 1.82) is 0 Å². The molecule has 2 amide bonds. The van der Waals surface area contributed by atoms with E-state index in [9.17, 15) is 14.4 Å². The van der Waals surface area contributed by atoms with E-state index in [1.165, 1.54) is 6.92 Å². The van der Waals surface area contributed by atoms with Gasteiger partial charge in [-0.2, -0.15) is 0 Å². The van der Waals surface area contributed by atoms with Gasteiger partial charge in [0.2, 0.25) is 5.91 Å². The topological polar surface area (TPSA) is 88.6 Å². The Morgan fingerprint density at radius 2 is 1.94 bits per heavy atom. The Labute approximate surface area is 195 Å². The number of ether oxygens (including phenoxy) is 1. The number of aromatic nitrogens is 1. The van der Waals surface area contributed by atoms with Crippen LogP contribution in [0.3, 0.4) is 0 Å². The molecule has 2 aromatic carbocycles. The maximum Gasteiger partial charge on any atom is 0.339 e. The van der Waals surface area contributed by atoms with Gasteiger partial charge in [-0.25, -0.2) is 9.78 Å². The fourth-order valence-electron chi connectivity index (χ4n) is 4.47. The summed E-state index contributed by atoms with van der Waals surface area (Å²) in [4.78, 5) is 43.0. The number of pyridine rings is 1. The normalized spacial score (nSPS) is 18.8. The Balaban J connectivity index is 1.38. The lowest BCUT2D eigenvalue weighted by molar-refractivity contribution is -0.114. The van der Waals surface area contributed by atoms with E-state index in [2.05, 4.69) is 10.3 Å². The Bertz CT molecular complexity index is 1310. The molecule has 1 spiro atoms. The van der Waals surface area contributed by atoms with Gasteiger partial charge in [0, 0.05) is 31.0 Å². The molecule has 1 fully saturated rings. The zero-order valence-corrected chi connectivity index (χ0v) is 18.6. The SMILES string of the molecule is CC(=O)Nc1cccc(-c2ccc(C(=O)N3CC[C@@]4(C3)OC(=O)c3ccccc34)c(Cl)c2)n1. The van der Waals surface area contributed by atoms with Crippen LogP contribution in [0.2, 0.25) is 5.02 Å². The van der Waals surface area contributed by atoms with E-state index in [1.54, 1.807) is 53.4 Å². The van der Waals surface area contributed by atoms with E-state index >= 15 is 0 Å². The molecule has 0 aliphatic carbocycles. The smallest absolute Gasteiger partial charge is 0.339 e. The molecule has 1 N–H and O–H groups in total. The highest BCUT2D eigenvalue weighted by molar-refractivity contribution is 6.34. The van der Waals surface area contributed by atoms with E-state index in [0.29, 0.717) is 40.6 Å². The summed E-state index contributed by atoms with van der Waals surface area (Å²) in [5.74, 6) is -0.345. The third-order valence-corrected chi connectivity index (χ3v) is 6.31. The number of carbonyl (C=O) groups excluding carboxylic acids is 3. The number of esters is 1. The summed E-state index contributed by atoms with van der Waals surface area (Å²) in [6, 6.07) is 17.7. The molecule has 7 nitrogen and oxygen atoms in total.